The number of rotatable bonds is 6. The lowest BCUT2D eigenvalue weighted by atomic mass is 10.1. The molecule has 220 valence electrons. The molecule has 0 aliphatic heterocycles. The number of amides is 1. The van der Waals surface area contributed by atoms with Crippen LogP contribution in [0.3, 0.4) is 0 Å². The van der Waals surface area contributed by atoms with Gasteiger partial charge in [0.1, 0.15) is 11.4 Å². The van der Waals surface area contributed by atoms with Crippen molar-refractivity contribution in [2.75, 3.05) is 12.8 Å². The van der Waals surface area contributed by atoms with Crippen LogP contribution in [-0.4, -0.2) is 48.1 Å². The first kappa shape index (κ1) is 30.4. The van der Waals surface area contributed by atoms with Crippen molar-refractivity contribution in [2.24, 2.45) is 16.5 Å². The highest BCUT2D eigenvalue weighted by Gasteiger charge is 2.21. The van der Waals surface area contributed by atoms with Crippen molar-refractivity contribution in [2.45, 2.75) is 33.6 Å². The number of benzene rings is 1. The molecule has 0 saturated heterocycles. The van der Waals surface area contributed by atoms with Gasteiger partial charge in [-0.3, -0.25) is 19.3 Å². The van der Waals surface area contributed by atoms with Gasteiger partial charge < -0.3 is 17.2 Å². The topological polar surface area (TPSA) is 169 Å². The van der Waals surface area contributed by atoms with Crippen molar-refractivity contribution in [1.82, 2.24) is 29.3 Å². The van der Waals surface area contributed by atoms with Crippen molar-refractivity contribution in [3.8, 4) is 11.5 Å². The van der Waals surface area contributed by atoms with Gasteiger partial charge in [0, 0.05) is 42.7 Å². The number of carbonyl (C=O) groups excluding carboxylic acids is 1. The molecule has 0 unspecified atom stereocenters. The number of nitrogens with two attached hydrogens (primary N) is 3. The number of aryl methyl sites for hydroxylation is 3. The van der Waals surface area contributed by atoms with Crippen LogP contribution in [0.2, 0.25) is 0 Å². The fourth-order valence-corrected chi connectivity index (χ4v) is 4.90. The summed E-state index contributed by atoms with van der Waals surface area (Å²) < 4.78 is 3.79. The van der Waals surface area contributed by atoms with Gasteiger partial charge in [-0.05, 0) is 79.8 Å². The summed E-state index contributed by atoms with van der Waals surface area (Å²) in [5.74, 6) is 1.25. The Hall–Kier alpha value is -5.58. The summed E-state index contributed by atoms with van der Waals surface area (Å²) in [6, 6.07) is 13.9. The van der Waals surface area contributed by atoms with Crippen LogP contribution in [0.5, 0.6) is 0 Å². The molecule has 6 N–H and O–H groups in total. The minimum atomic E-state index is -0.546. The van der Waals surface area contributed by atoms with Gasteiger partial charge in [-0.2, -0.15) is 5.10 Å². The SMILES string of the molecule is C.C=C/C=C(\C(N)=NC)c1nc2ccc(-n3cccn3)nc2n1-c1ccc2c(c1)CCC2.Cc1cc(N)c(C(N)=O)cn1. The number of fused-ring (bicyclic) bond motifs is 2. The number of allylic oxidation sites excluding steroid dienone is 2. The normalized spacial score (nSPS) is 12.7. The van der Waals surface area contributed by atoms with E-state index in [1.54, 1.807) is 37.0 Å². The van der Waals surface area contributed by atoms with E-state index < -0.39 is 5.91 Å². The van der Waals surface area contributed by atoms with Crippen molar-refractivity contribution in [3.05, 3.63) is 108 Å². The number of carbonyl (C=O) groups is 1. The van der Waals surface area contributed by atoms with E-state index in [0.717, 1.165) is 41.2 Å². The minimum absolute atomic E-state index is 0. The summed E-state index contributed by atoms with van der Waals surface area (Å²) in [4.78, 5) is 28.5. The minimum Gasteiger partial charge on any atom is -0.398 e. The lowest BCUT2D eigenvalue weighted by Gasteiger charge is -2.13. The number of pyridine rings is 2. The second kappa shape index (κ2) is 12.9. The summed E-state index contributed by atoms with van der Waals surface area (Å²) in [5.41, 5.74) is 24.2. The summed E-state index contributed by atoms with van der Waals surface area (Å²) in [6.45, 7) is 5.64. The van der Waals surface area contributed by atoms with E-state index in [9.17, 15) is 4.79 Å². The Morgan fingerprint density at radius 2 is 1.88 bits per heavy atom. The number of hydrogen-bond donors (Lipinski definition) is 3. The molecule has 1 aliphatic rings. The summed E-state index contributed by atoms with van der Waals surface area (Å²) in [6.07, 6.45) is 11.9. The van der Waals surface area contributed by atoms with Gasteiger partial charge >= 0.3 is 0 Å². The van der Waals surface area contributed by atoms with Crippen molar-refractivity contribution in [3.63, 3.8) is 0 Å². The van der Waals surface area contributed by atoms with E-state index in [4.69, 9.17) is 27.2 Å². The van der Waals surface area contributed by atoms with Gasteiger partial charge in [0.25, 0.3) is 5.91 Å². The molecule has 0 atom stereocenters. The third-order valence-electron chi connectivity index (χ3n) is 6.95. The molecule has 0 bridgehead atoms. The van der Waals surface area contributed by atoms with Crippen molar-refractivity contribution < 1.29 is 4.79 Å². The van der Waals surface area contributed by atoms with Gasteiger partial charge in [-0.25, -0.2) is 14.6 Å². The smallest absolute Gasteiger partial charge is 0.252 e. The van der Waals surface area contributed by atoms with E-state index in [1.165, 1.54) is 23.7 Å². The lowest BCUT2D eigenvalue weighted by molar-refractivity contribution is 0.100. The number of nitrogens with zero attached hydrogens (tertiary/aromatic N) is 7. The maximum Gasteiger partial charge on any atom is 0.252 e. The molecular weight excluding hydrogens is 540 g/mol. The molecule has 0 fully saturated rings. The van der Waals surface area contributed by atoms with Gasteiger partial charge in [0.05, 0.1) is 11.1 Å². The number of anilines is 1. The number of amidine groups is 1. The summed E-state index contributed by atoms with van der Waals surface area (Å²) in [5, 5.41) is 4.32. The fraction of sp³-hybridized carbons (Fsp3) is 0.188. The van der Waals surface area contributed by atoms with E-state index in [1.807, 2.05) is 35.0 Å². The van der Waals surface area contributed by atoms with Crippen molar-refractivity contribution >= 4 is 34.2 Å². The van der Waals surface area contributed by atoms with Crippen LogP contribution in [0, 0.1) is 6.92 Å². The Kier molecular flexibility index (Phi) is 9.14. The van der Waals surface area contributed by atoms with E-state index in [2.05, 4.69) is 39.9 Å². The third kappa shape index (κ3) is 6.20. The van der Waals surface area contributed by atoms with Gasteiger partial charge in [0.15, 0.2) is 17.3 Å². The fourth-order valence-electron chi connectivity index (χ4n) is 4.90. The van der Waals surface area contributed by atoms with Crippen LogP contribution in [0.4, 0.5) is 5.69 Å². The largest absolute Gasteiger partial charge is 0.398 e. The molecule has 4 heterocycles. The molecule has 0 radical (unpaired) electrons. The zero-order chi connectivity index (χ0) is 29.8. The molecule has 11 heteroatoms. The second-order valence-corrected chi connectivity index (χ2v) is 9.74. The predicted molar refractivity (Wildman–Crippen MR) is 172 cm³/mol. The molecule has 1 amide bonds. The molecule has 1 aromatic carbocycles. The van der Waals surface area contributed by atoms with Gasteiger partial charge in [-0.1, -0.05) is 26.1 Å². The highest BCUT2D eigenvalue weighted by Crippen LogP contribution is 2.30. The average Bonchev–Trinajstić information content (AvgIpc) is 3.75. The number of aromatic nitrogens is 6. The molecule has 0 spiro atoms. The van der Waals surface area contributed by atoms with Crippen LogP contribution in [-0.2, 0) is 12.8 Å². The maximum atomic E-state index is 10.6. The van der Waals surface area contributed by atoms with Gasteiger partial charge in [-0.15, -0.1) is 0 Å². The lowest BCUT2D eigenvalue weighted by Crippen LogP contribution is -2.17. The number of hydrogen-bond acceptors (Lipinski definition) is 7. The Morgan fingerprint density at radius 1 is 1.09 bits per heavy atom. The molecule has 0 saturated carbocycles. The Bertz CT molecular complexity index is 1850. The highest BCUT2D eigenvalue weighted by atomic mass is 16.1. The molecule has 5 aromatic rings. The van der Waals surface area contributed by atoms with Crippen LogP contribution in [0.1, 0.15) is 46.9 Å². The Balaban J connectivity index is 0.000000300. The van der Waals surface area contributed by atoms with E-state index in [0.29, 0.717) is 22.9 Å². The quantitative estimate of drug-likeness (QED) is 0.153. The predicted octanol–water partition coefficient (Wildman–Crippen LogP) is 4.36. The van der Waals surface area contributed by atoms with Crippen LogP contribution in [0.15, 0.2) is 84.8 Å². The maximum absolute atomic E-state index is 10.6. The molecule has 11 nitrogen and oxygen atoms in total. The number of imidazole rings is 1. The Labute approximate surface area is 250 Å². The van der Waals surface area contributed by atoms with Crippen LogP contribution in [0.25, 0.3) is 28.2 Å². The molecule has 6 rings (SSSR count). The van der Waals surface area contributed by atoms with Crippen molar-refractivity contribution in [1.29, 1.82) is 0 Å². The zero-order valence-corrected chi connectivity index (χ0v) is 23.5. The third-order valence-corrected chi connectivity index (χ3v) is 6.95. The van der Waals surface area contributed by atoms with Gasteiger partial charge in [0.2, 0.25) is 0 Å². The molecular formula is C32H36N10O. The second-order valence-electron chi connectivity index (χ2n) is 9.74. The van der Waals surface area contributed by atoms with E-state index >= 15 is 0 Å². The summed E-state index contributed by atoms with van der Waals surface area (Å²) >= 11 is 0. The number of aliphatic imine (C=N–C) groups is 1. The molecule has 4 aromatic heterocycles. The zero-order valence-electron chi connectivity index (χ0n) is 23.5. The standard InChI is InChI=1S/C24H23N7.C7H9N3O.CH4/c1-3-6-19(22(25)26-2)23-28-20-11-12-21(30-14-5-13-27-30)29-24(20)31(23)18-10-9-16-7-4-8-17(16)15-18;1-4-2-6(8)5(3-10-4)7(9)11;/h3,5-6,9-15H,1,4,7-8H2,2H3,(H2,25,26);2-3H,1H3,(H2,8,10)(H2,9,11);1H4/b19-6+;;. The number of primary amides is 1. The molecule has 1 aliphatic carbocycles. The highest BCUT2D eigenvalue weighted by molar-refractivity contribution is 6.21. The first-order valence-corrected chi connectivity index (χ1v) is 13.4. The van der Waals surface area contributed by atoms with Crippen LogP contribution >= 0.6 is 0 Å². The molecule has 43 heavy (non-hydrogen) atoms. The first-order valence-electron chi connectivity index (χ1n) is 13.4. The Morgan fingerprint density at radius 3 is 2.56 bits per heavy atom. The average molecular weight is 577 g/mol. The van der Waals surface area contributed by atoms with E-state index in [-0.39, 0.29) is 13.0 Å². The number of nitrogen functional groups attached to an aromatic ring is 1. The van der Waals surface area contributed by atoms with Crippen LogP contribution < -0.4 is 17.2 Å². The monoisotopic (exact) mass is 576 g/mol. The summed E-state index contributed by atoms with van der Waals surface area (Å²) in [7, 11) is 1.67. The first-order chi connectivity index (χ1) is 20.3.